The molecule has 3 heteroatoms. The van der Waals surface area contributed by atoms with Gasteiger partial charge < -0.3 is 9.84 Å². The van der Waals surface area contributed by atoms with E-state index < -0.39 is 0 Å². The van der Waals surface area contributed by atoms with Crippen molar-refractivity contribution in [3.8, 4) is 17.6 Å². The summed E-state index contributed by atoms with van der Waals surface area (Å²) in [6.45, 7) is 0.621. The van der Waals surface area contributed by atoms with Crippen LogP contribution in [0.3, 0.4) is 0 Å². The molecule has 1 aromatic heterocycles. The van der Waals surface area contributed by atoms with Crippen molar-refractivity contribution in [2.24, 2.45) is 5.92 Å². The van der Waals surface area contributed by atoms with Gasteiger partial charge in [-0.15, -0.1) is 0 Å². The van der Waals surface area contributed by atoms with E-state index in [9.17, 15) is 0 Å². The molecule has 1 N–H and O–H groups in total. The summed E-state index contributed by atoms with van der Waals surface area (Å²) in [5, 5.41) is 8.58. The minimum atomic E-state index is -0.132. The molecule has 0 atom stereocenters. The molecule has 0 spiro atoms. The lowest BCUT2D eigenvalue weighted by atomic mass is 10.3. The molecule has 1 aliphatic rings. The van der Waals surface area contributed by atoms with Crippen LogP contribution in [0.15, 0.2) is 18.5 Å². The van der Waals surface area contributed by atoms with Gasteiger partial charge in [-0.3, -0.25) is 4.98 Å². The largest absolute Gasteiger partial charge is 0.492 e. The van der Waals surface area contributed by atoms with Crippen LogP contribution in [-0.4, -0.2) is 23.3 Å². The summed E-state index contributed by atoms with van der Waals surface area (Å²) in [5.41, 5.74) is 0.776. The highest BCUT2D eigenvalue weighted by molar-refractivity contribution is 5.36. The maximum atomic E-state index is 8.58. The van der Waals surface area contributed by atoms with E-state index in [1.165, 1.54) is 12.8 Å². The van der Waals surface area contributed by atoms with E-state index in [1.54, 1.807) is 12.4 Å². The number of aliphatic hydroxyl groups excluding tert-OH is 1. The zero-order chi connectivity index (χ0) is 11.2. The predicted molar refractivity (Wildman–Crippen MR) is 61.0 cm³/mol. The highest BCUT2D eigenvalue weighted by Crippen LogP contribution is 2.32. The van der Waals surface area contributed by atoms with Crippen molar-refractivity contribution >= 4 is 0 Å². The van der Waals surface area contributed by atoms with Gasteiger partial charge in [-0.05, 0) is 18.4 Å². The van der Waals surface area contributed by atoms with Gasteiger partial charge in [-0.1, -0.05) is 24.7 Å². The minimum absolute atomic E-state index is 0.132. The molecule has 0 bridgehead atoms. The summed E-state index contributed by atoms with van der Waals surface area (Å²) in [4.78, 5) is 4.04. The minimum Gasteiger partial charge on any atom is -0.492 e. The first-order valence-electron chi connectivity index (χ1n) is 5.56. The molecule has 1 saturated carbocycles. The molecule has 2 rings (SSSR count). The van der Waals surface area contributed by atoms with E-state index in [1.807, 2.05) is 6.07 Å². The molecule has 0 unspecified atom stereocenters. The third-order valence-electron chi connectivity index (χ3n) is 2.52. The summed E-state index contributed by atoms with van der Waals surface area (Å²) in [6.07, 6.45) is 7.19. The van der Waals surface area contributed by atoms with E-state index in [0.717, 1.165) is 30.3 Å². The Labute approximate surface area is 95.5 Å². The van der Waals surface area contributed by atoms with Crippen molar-refractivity contribution < 1.29 is 9.84 Å². The lowest BCUT2D eigenvalue weighted by Gasteiger charge is -2.04. The maximum Gasteiger partial charge on any atom is 0.138 e. The Morgan fingerprint density at radius 3 is 3.06 bits per heavy atom. The highest BCUT2D eigenvalue weighted by atomic mass is 16.5. The summed E-state index contributed by atoms with van der Waals surface area (Å²) in [7, 11) is 0. The van der Waals surface area contributed by atoms with Gasteiger partial charge in [0.2, 0.25) is 0 Å². The summed E-state index contributed by atoms with van der Waals surface area (Å²) < 4.78 is 5.58. The number of hydrogen-bond donors (Lipinski definition) is 1. The average Bonchev–Trinajstić information content (AvgIpc) is 3.11. The quantitative estimate of drug-likeness (QED) is 0.779. The van der Waals surface area contributed by atoms with E-state index in [0.29, 0.717) is 0 Å². The van der Waals surface area contributed by atoms with Gasteiger partial charge in [0.15, 0.2) is 0 Å². The van der Waals surface area contributed by atoms with Crippen LogP contribution in [0.2, 0.25) is 0 Å². The first kappa shape index (κ1) is 11.0. The third-order valence-corrected chi connectivity index (χ3v) is 2.52. The molecule has 0 aromatic carbocycles. The fourth-order valence-electron chi connectivity index (χ4n) is 1.46. The highest BCUT2D eigenvalue weighted by Gasteiger charge is 2.20. The fourth-order valence-corrected chi connectivity index (χ4v) is 1.46. The molecule has 0 radical (unpaired) electrons. The second-order valence-electron chi connectivity index (χ2n) is 3.95. The van der Waals surface area contributed by atoms with E-state index in [-0.39, 0.29) is 6.61 Å². The Bertz CT molecular complexity index is 402. The molecule has 0 aliphatic heterocycles. The normalized spacial score (nSPS) is 14.1. The Morgan fingerprint density at radius 2 is 2.31 bits per heavy atom. The molecule has 0 saturated heterocycles. The molecular weight excluding hydrogens is 202 g/mol. The predicted octanol–water partition coefficient (Wildman–Crippen LogP) is 1.60. The van der Waals surface area contributed by atoms with E-state index in [4.69, 9.17) is 9.84 Å². The number of aliphatic hydroxyl groups is 1. The first-order valence-corrected chi connectivity index (χ1v) is 5.56. The molecule has 3 nitrogen and oxygen atoms in total. The van der Waals surface area contributed by atoms with Gasteiger partial charge in [0.1, 0.15) is 12.4 Å². The number of aromatic nitrogens is 1. The van der Waals surface area contributed by atoms with Crippen LogP contribution in [0.5, 0.6) is 5.75 Å². The van der Waals surface area contributed by atoms with Gasteiger partial charge in [-0.25, -0.2) is 0 Å². The van der Waals surface area contributed by atoms with Crippen LogP contribution in [0, 0.1) is 17.8 Å². The number of hydrogen-bond acceptors (Lipinski definition) is 3. The van der Waals surface area contributed by atoms with E-state index in [2.05, 4.69) is 16.8 Å². The number of nitrogens with zero attached hydrogens (tertiary/aromatic N) is 1. The monoisotopic (exact) mass is 217 g/mol. The van der Waals surface area contributed by atoms with Gasteiger partial charge in [0.25, 0.3) is 0 Å². The second-order valence-corrected chi connectivity index (χ2v) is 3.95. The van der Waals surface area contributed by atoms with Crippen LogP contribution < -0.4 is 4.74 Å². The van der Waals surface area contributed by atoms with Crippen molar-refractivity contribution in [2.75, 3.05) is 13.2 Å². The van der Waals surface area contributed by atoms with Crippen molar-refractivity contribution in [1.29, 1.82) is 0 Å². The lowest BCUT2D eigenvalue weighted by Crippen LogP contribution is -1.98. The molecule has 1 heterocycles. The third kappa shape index (κ3) is 3.56. The molecule has 84 valence electrons. The first-order chi connectivity index (χ1) is 7.88. The Morgan fingerprint density at radius 1 is 1.44 bits per heavy atom. The second kappa shape index (κ2) is 5.53. The van der Waals surface area contributed by atoms with Gasteiger partial charge in [0.05, 0.1) is 12.8 Å². The fraction of sp³-hybridized carbons (Fsp3) is 0.462. The van der Waals surface area contributed by atoms with Crippen LogP contribution in [0.25, 0.3) is 0 Å². The molecule has 1 aromatic rings. The average molecular weight is 217 g/mol. The Hall–Kier alpha value is -1.53. The Kier molecular flexibility index (Phi) is 3.79. The van der Waals surface area contributed by atoms with Gasteiger partial charge >= 0.3 is 0 Å². The van der Waals surface area contributed by atoms with Crippen molar-refractivity contribution in [2.45, 2.75) is 19.3 Å². The number of ether oxygens (including phenoxy) is 1. The van der Waals surface area contributed by atoms with Crippen LogP contribution in [-0.2, 0) is 0 Å². The van der Waals surface area contributed by atoms with Crippen LogP contribution >= 0.6 is 0 Å². The molecule has 1 fully saturated rings. The van der Waals surface area contributed by atoms with Crippen LogP contribution in [0.1, 0.15) is 24.8 Å². The Balaban J connectivity index is 1.87. The lowest BCUT2D eigenvalue weighted by molar-refractivity contribution is 0.301. The topological polar surface area (TPSA) is 42.4 Å². The van der Waals surface area contributed by atoms with Gasteiger partial charge in [0, 0.05) is 11.8 Å². The zero-order valence-electron chi connectivity index (χ0n) is 9.15. The number of rotatable bonds is 4. The van der Waals surface area contributed by atoms with E-state index >= 15 is 0 Å². The molecule has 0 amide bonds. The summed E-state index contributed by atoms with van der Waals surface area (Å²) in [5.74, 6) is 7.02. The number of pyridine rings is 1. The summed E-state index contributed by atoms with van der Waals surface area (Å²) >= 11 is 0. The van der Waals surface area contributed by atoms with Crippen molar-refractivity contribution in [3.63, 3.8) is 0 Å². The molecule has 16 heavy (non-hydrogen) atoms. The van der Waals surface area contributed by atoms with Crippen molar-refractivity contribution in [3.05, 3.63) is 24.0 Å². The van der Waals surface area contributed by atoms with Gasteiger partial charge in [-0.2, -0.15) is 0 Å². The standard InChI is InChI=1S/C13H15NO2/c15-6-1-2-12-8-13(10-14-9-12)16-7-5-11-3-4-11/h8-11,15H,3-7H2. The maximum absolute atomic E-state index is 8.58. The SMILES string of the molecule is OCC#Cc1cncc(OCCC2CC2)c1. The summed E-state index contributed by atoms with van der Waals surface area (Å²) in [6, 6.07) is 1.85. The molecule has 1 aliphatic carbocycles. The van der Waals surface area contributed by atoms with Crippen molar-refractivity contribution in [1.82, 2.24) is 4.98 Å². The van der Waals surface area contributed by atoms with Crippen LogP contribution in [0.4, 0.5) is 0 Å². The zero-order valence-corrected chi connectivity index (χ0v) is 9.15. The smallest absolute Gasteiger partial charge is 0.138 e. The molecular formula is C13H15NO2.